The number of aromatic nitrogens is 1. The first-order valence-electron chi connectivity index (χ1n) is 7.22. The smallest absolute Gasteiger partial charge is 0.0544 e. The minimum absolute atomic E-state index is 0.749. The van der Waals surface area contributed by atoms with E-state index in [2.05, 4.69) is 46.2 Å². The summed E-state index contributed by atoms with van der Waals surface area (Å²) in [6.45, 7) is 5.18. The Kier molecular flexibility index (Phi) is 3.74. The average molecular weight is 255 g/mol. The van der Waals surface area contributed by atoms with Gasteiger partial charge in [-0.2, -0.15) is 0 Å². The Bertz CT molecular complexity index is 478. The summed E-state index contributed by atoms with van der Waals surface area (Å²) in [5.41, 5.74) is 2.38. The number of hydrogen-bond acceptors (Lipinski definition) is 3. The summed E-state index contributed by atoms with van der Waals surface area (Å²) in [6.07, 6.45) is 8.85. The molecule has 2 atom stereocenters. The average Bonchev–Trinajstić information content (AvgIpc) is 3.18. The molecule has 0 bridgehead atoms. The molecule has 1 aromatic rings. The molecule has 2 aliphatic rings. The lowest BCUT2D eigenvalue weighted by molar-refractivity contribution is 0.284. The van der Waals surface area contributed by atoms with Crippen molar-refractivity contribution in [3.8, 4) is 0 Å². The van der Waals surface area contributed by atoms with E-state index in [1.165, 1.54) is 12.1 Å². The largest absolute Gasteiger partial charge is 0.292 e. The van der Waals surface area contributed by atoms with Crippen LogP contribution in [-0.2, 0) is 6.54 Å². The molecule has 2 heterocycles. The fourth-order valence-electron chi connectivity index (χ4n) is 2.65. The van der Waals surface area contributed by atoms with Gasteiger partial charge in [0.1, 0.15) is 0 Å². The van der Waals surface area contributed by atoms with E-state index in [9.17, 15) is 0 Å². The van der Waals surface area contributed by atoms with Crippen molar-refractivity contribution >= 4 is 6.21 Å². The molecule has 1 aliphatic carbocycles. The summed E-state index contributed by atoms with van der Waals surface area (Å²) in [7, 11) is 0. The van der Waals surface area contributed by atoms with Crippen LogP contribution in [0.4, 0.5) is 0 Å². The van der Waals surface area contributed by atoms with Crippen molar-refractivity contribution in [3.63, 3.8) is 0 Å². The fraction of sp³-hybridized carbons (Fsp3) is 0.500. The lowest BCUT2D eigenvalue weighted by atomic mass is 10.2. The molecular weight excluding hydrogens is 234 g/mol. The molecule has 0 aromatic carbocycles. The molecule has 0 amide bonds. The van der Waals surface area contributed by atoms with Crippen LogP contribution in [0.1, 0.15) is 25.5 Å². The first-order valence-corrected chi connectivity index (χ1v) is 7.22. The van der Waals surface area contributed by atoms with Gasteiger partial charge in [0.05, 0.1) is 11.4 Å². The second kappa shape index (κ2) is 5.66. The highest BCUT2D eigenvalue weighted by atomic mass is 15.1. The monoisotopic (exact) mass is 255 g/mol. The van der Waals surface area contributed by atoms with Gasteiger partial charge < -0.3 is 0 Å². The van der Waals surface area contributed by atoms with E-state index in [0.29, 0.717) is 0 Å². The van der Waals surface area contributed by atoms with Crippen LogP contribution in [0.5, 0.6) is 0 Å². The summed E-state index contributed by atoms with van der Waals surface area (Å²) in [5.74, 6) is 1.53. The molecule has 0 radical (unpaired) electrons. The first-order chi connectivity index (χ1) is 9.35. The number of rotatable bonds is 6. The molecule has 0 spiro atoms. The number of pyridine rings is 1. The van der Waals surface area contributed by atoms with E-state index in [1.54, 1.807) is 0 Å². The van der Waals surface area contributed by atoms with Gasteiger partial charge in [-0.1, -0.05) is 19.1 Å². The highest BCUT2D eigenvalue weighted by Gasteiger charge is 2.36. The molecule has 1 fully saturated rings. The van der Waals surface area contributed by atoms with Crippen molar-refractivity contribution in [3.05, 3.63) is 41.9 Å². The summed E-state index contributed by atoms with van der Waals surface area (Å²) >= 11 is 0. The van der Waals surface area contributed by atoms with Crippen LogP contribution in [0.3, 0.4) is 0 Å². The zero-order valence-corrected chi connectivity index (χ0v) is 11.5. The Morgan fingerprint density at radius 2 is 2.21 bits per heavy atom. The molecule has 100 valence electrons. The number of hydrogen-bond donors (Lipinski definition) is 0. The molecule has 1 saturated carbocycles. The minimum atomic E-state index is 0.749. The molecule has 2 unspecified atom stereocenters. The Balaban J connectivity index is 1.62. The number of fused-ring (bicyclic) bond motifs is 1. The van der Waals surface area contributed by atoms with E-state index < -0.39 is 0 Å². The Labute approximate surface area is 115 Å². The lowest BCUT2D eigenvalue weighted by Gasteiger charge is -2.22. The maximum absolute atomic E-state index is 4.59. The number of aliphatic imine (C=N–C) groups is 1. The second-order valence-corrected chi connectivity index (χ2v) is 5.53. The van der Waals surface area contributed by atoms with Crippen LogP contribution in [0, 0.1) is 11.8 Å². The van der Waals surface area contributed by atoms with Gasteiger partial charge in [-0.05, 0) is 37.4 Å². The Morgan fingerprint density at radius 1 is 1.26 bits per heavy atom. The molecule has 1 aliphatic heterocycles. The molecule has 0 N–H and O–H groups in total. The number of allylic oxidation sites excluding steroid dienone is 1. The lowest BCUT2D eigenvalue weighted by Crippen LogP contribution is -2.27. The quantitative estimate of drug-likeness (QED) is 0.782. The molecule has 19 heavy (non-hydrogen) atoms. The summed E-state index contributed by atoms with van der Waals surface area (Å²) in [4.78, 5) is 11.4. The van der Waals surface area contributed by atoms with Gasteiger partial charge in [0.25, 0.3) is 0 Å². The SMILES string of the molecule is CCCN(CC1=CC2CC2C=N1)Cc1ccccn1. The van der Waals surface area contributed by atoms with E-state index in [4.69, 9.17) is 0 Å². The van der Waals surface area contributed by atoms with Crippen molar-refractivity contribution in [1.82, 2.24) is 9.88 Å². The summed E-state index contributed by atoms with van der Waals surface area (Å²) < 4.78 is 0. The molecule has 3 rings (SSSR count). The van der Waals surface area contributed by atoms with Crippen LogP contribution in [-0.4, -0.2) is 29.2 Å². The van der Waals surface area contributed by atoms with Crippen LogP contribution in [0.15, 0.2) is 41.2 Å². The van der Waals surface area contributed by atoms with Crippen molar-refractivity contribution in [1.29, 1.82) is 0 Å². The standard InChI is InChI=1S/C16H21N3/c1-2-7-19(11-15-5-3-4-6-17-15)12-16-9-13-8-14(13)10-18-16/h3-6,9-10,13-14H,2,7-8,11-12H2,1H3. The topological polar surface area (TPSA) is 28.5 Å². The molecule has 0 saturated heterocycles. The van der Waals surface area contributed by atoms with Crippen molar-refractivity contribution in [2.75, 3.05) is 13.1 Å². The maximum atomic E-state index is 4.59. The van der Waals surface area contributed by atoms with Crippen molar-refractivity contribution in [2.24, 2.45) is 16.8 Å². The van der Waals surface area contributed by atoms with E-state index in [1.807, 2.05) is 12.3 Å². The fourth-order valence-corrected chi connectivity index (χ4v) is 2.65. The maximum Gasteiger partial charge on any atom is 0.0544 e. The van der Waals surface area contributed by atoms with Crippen LogP contribution < -0.4 is 0 Å². The summed E-state index contributed by atoms with van der Waals surface area (Å²) in [5, 5.41) is 0. The zero-order valence-electron chi connectivity index (χ0n) is 11.5. The Hall–Kier alpha value is -1.48. The van der Waals surface area contributed by atoms with Crippen LogP contribution in [0.2, 0.25) is 0 Å². The van der Waals surface area contributed by atoms with Gasteiger partial charge in [0.15, 0.2) is 0 Å². The van der Waals surface area contributed by atoms with E-state index in [-0.39, 0.29) is 0 Å². The van der Waals surface area contributed by atoms with Gasteiger partial charge in [0.2, 0.25) is 0 Å². The third-order valence-electron chi connectivity index (χ3n) is 3.77. The van der Waals surface area contributed by atoms with Crippen molar-refractivity contribution < 1.29 is 0 Å². The number of nitrogens with zero attached hydrogens (tertiary/aromatic N) is 3. The van der Waals surface area contributed by atoms with E-state index in [0.717, 1.165) is 43.6 Å². The predicted octanol–water partition coefficient (Wildman–Crippen LogP) is 2.90. The normalized spacial score (nSPS) is 24.2. The van der Waals surface area contributed by atoms with Gasteiger partial charge in [0, 0.05) is 31.4 Å². The molecule has 3 nitrogen and oxygen atoms in total. The zero-order chi connectivity index (χ0) is 13.1. The first kappa shape index (κ1) is 12.5. The molecule has 1 aromatic heterocycles. The third kappa shape index (κ3) is 3.29. The predicted molar refractivity (Wildman–Crippen MR) is 78.0 cm³/mol. The van der Waals surface area contributed by atoms with Gasteiger partial charge in [-0.15, -0.1) is 0 Å². The van der Waals surface area contributed by atoms with Crippen molar-refractivity contribution in [2.45, 2.75) is 26.3 Å². The van der Waals surface area contributed by atoms with Crippen LogP contribution in [0.25, 0.3) is 0 Å². The Morgan fingerprint density at radius 3 is 2.95 bits per heavy atom. The van der Waals surface area contributed by atoms with Gasteiger partial charge in [-0.25, -0.2) is 0 Å². The molecule has 3 heteroatoms. The van der Waals surface area contributed by atoms with Crippen LogP contribution >= 0.6 is 0 Å². The minimum Gasteiger partial charge on any atom is -0.292 e. The van der Waals surface area contributed by atoms with E-state index >= 15 is 0 Å². The highest BCUT2D eigenvalue weighted by molar-refractivity contribution is 5.68. The van der Waals surface area contributed by atoms with Gasteiger partial charge in [-0.3, -0.25) is 14.9 Å². The van der Waals surface area contributed by atoms with Gasteiger partial charge >= 0.3 is 0 Å². The third-order valence-corrected chi connectivity index (χ3v) is 3.77. The second-order valence-electron chi connectivity index (χ2n) is 5.53. The highest BCUT2D eigenvalue weighted by Crippen LogP contribution is 2.41. The molecular formula is C16H21N3. The summed E-state index contributed by atoms with van der Waals surface area (Å²) in [6, 6.07) is 6.12.